The highest BCUT2D eigenvalue weighted by Gasteiger charge is 2.43. The average molecular weight is 358 g/mol. The number of nitrogens with zero attached hydrogens (tertiary/aromatic N) is 1. The molecule has 0 aromatic carbocycles. The van der Waals surface area contributed by atoms with Gasteiger partial charge in [-0.3, -0.25) is 4.79 Å². The number of H-pyrrole nitrogens is 1. The Balaban J connectivity index is 1.74. The molecule has 0 spiro atoms. The third-order valence-corrected chi connectivity index (χ3v) is 5.37. The maximum Gasteiger partial charge on any atom is 0.264 e. The molecule has 96 valence electrons. The van der Waals surface area contributed by atoms with Gasteiger partial charge in [0.25, 0.3) is 5.56 Å². The van der Waals surface area contributed by atoms with Gasteiger partial charge in [-0.25, -0.2) is 4.98 Å². The molecule has 1 aromatic rings. The van der Waals surface area contributed by atoms with Crippen molar-refractivity contribution in [2.45, 2.75) is 56.1 Å². The van der Waals surface area contributed by atoms with Crippen LogP contribution >= 0.6 is 22.6 Å². The number of hydrogen-bond acceptors (Lipinski definition) is 3. The van der Waals surface area contributed by atoms with Crippen molar-refractivity contribution in [3.63, 3.8) is 0 Å². The van der Waals surface area contributed by atoms with Crippen molar-refractivity contribution in [1.82, 2.24) is 9.97 Å². The van der Waals surface area contributed by atoms with E-state index in [-0.39, 0.29) is 11.7 Å². The molecule has 2 aliphatic heterocycles. The van der Waals surface area contributed by atoms with Crippen LogP contribution in [0.1, 0.15) is 55.5 Å². The van der Waals surface area contributed by atoms with Crippen LogP contribution < -0.4 is 5.56 Å². The quantitative estimate of drug-likeness (QED) is 0.826. The molecule has 1 aliphatic carbocycles. The van der Waals surface area contributed by atoms with Crippen molar-refractivity contribution >= 4 is 22.6 Å². The molecule has 3 heterocycles. The van der Waals surface area contributed by atoms with Crippen molar-refractivity contribution in [1.29, 1.82) is 0 Å². The smallest absolute Gasteiger partial charge is 0.264 e. The molecule has 5 heteroatoms. The first kappa shape index (κ1) is 11.4. The zero-order valence-electron chi connectivity index (χ0n) is 9.99. The topological polar surface area (TPSA) is 55.0 Å². The number of ether oxygens (including phenoxy) is 1. The van der Waals surface area contributed by atoms with Gasteiger partial charge in [-0.15, -0.1) is 0 Å². The molecule has 3 fully saturated rings. The van der Waals surface area contributed by atoms with E-state index >= 15 is 0 Å². The number of halogens is 1. The maximum atomic E-state index is 12.0. The molecule has 3 atom stereocenters. The molecule has 1 saturated carbocycles. The van der Waals surface area contributed by atoms with Crippen molar-refractivity contribution < 1.29 is 4.74 Å². The van der Waals surface area contributed by atoms with Gasteiger partial charge in [0, 0.05) is 11.8 Å². The zero-order chi connectivity index (χ0) is 12.3. The summed E-state index contributed by atoms with van der Waals surface area (Å²) in [6.45, 7) is 0. The molecule has 0 radical (unpaired) electrons. The second kappa shape index (κ2) is 4.03. The Hall–Kier alpha value is -0.430. The van der Waals surface area contributed by atoms with Gasteiger partial charge in [0.1, 0.15) is 5.82 Å². The van der Waals surface area contributed by atoms with Crippen LogP contribution in [0.2, 0.25) is 0 Å². The van der Waals surface area contributed by atoms with Gasteiger partial charge < -0.3 is 9.72 Å². The summed E-state index contributed by atoms with van der Waals surface area (Å²) in [6.07, 6.45) is 6.35. The van der Waals surface area contributed by atoms with E-state index < -0.39 is 0 Å². The fraction of sp³-hybridized carbons (Fsp3) is 0.692. The van der Waals surface area contributed by atoms with Gasteiger partial charge in [0.05, 0.1) is 21.5 Å². The Labute approximate surface area is 119 Å². The first-order valence-corrected chi connectivity index (χ1v) is 7.75. The Kier molecular flexibility index (Phi) is 2.55. The maximum absolute atomic E-state index is 12.0. The molecule has 2 bridgehead atoms. The van der Waals surface area contributed by atoms with E-state index in [1.165, 1.54) is 19.3 Å². The minimum Gasteiger partial charge on any atom is -0.374 e. The lowest BCUT2D eigenvalue weighted by atomic mass is 9.88. The summed E-state index contributed by atoms with van der Waals surface area (Å²) in [5, 5.41) is 0. The number of fused-ring (bicyclic) bond motifs is 2. The predicted molar refractivity (Wildman–Crippen MR) is 74.8 cm³/mol. The van der Waals surface area contributed by atoms with Gasteiger partial charge in [0.2, 0.25) is 0 Å². The van der Waals surface area contributed by atoms with Crippen LogP contribution in [0.25, 0.3) is 0 Å². The predicted octanol–water partition coefficient (Wildman–Crippen LogP) is 2.29. The molecule has 4 nitrogen and oxygen atoms in total. The first-order valence-electron chi connectivity index (χ1n) is 6.67. The van der Waals surface area contributed by atoms with Crippen molar-refractivity contribution in [2.24, 2.45) is 0 Å². The molecule has 18 heavy (non-hydrogen) atoms. The molecule has 1 N–H and O–H groups in total. The highest BCUT2D eigenvalue weighted by molar-refractivity contribution is 14.1. The van der Waals surface area contributed by atoms with E-state index in [0.717, 1.165) is 27.9 Å². The fourth-order valence-corrected chi connectivity index (χ4v) is 3.92. The Morgan fingerprint density at radius 3 is 2.72 bits per heavy atom. The zero-order valence-corrected chi connectivity index (χ0v) is 12.1. The van der Waals surface area contributed by atoms with E-state index in [0.29, 0.717) is 17.9 Å². The van der Waals surface area contributed by atoms with E-state index in [1.54, 1.807) is 0 Å². The van der Waals surface area contributed by atoms with Crippen molar-refractivity contribution in [3.05, 3.63) is 25.4 Å². The summed E-state index contributed by atoms with van der Waals surface area (Å²) in [5.74, 6) is 1.71. The molecule has 4 rings (SSSR count). The number of aromatic nitrogens is 2. The Morgan fingerprint density at radius 2 is 2.11 bits per heavy atom. The average Bonchev–Trinajstić information content (AvgIpc) is 2.99. The third-order valence-electron chi connectivity index (χ3n) is 4.33. The number of rotatable bonds is 2. The summed E-state index contributed by atoms with van der Waals surface area (Å²) in [6, 6.07) is 0. The second-order valence-corrected chi connectivity index (χ2v) is 6.72. The molecular formula is C13H15IN2O2. The van der Waals surface area contributed by atoms with Gasteiger partial charge in [-0.05, 0) is 54.7 Å². The highest BCUT2D eigenvalue weighted by Crippen LogP contribution is 2.45. The van der Waals surface area contributed by atoms with Crippen molar-refractivity contribution in [2.75, 3.05) is 0 Å². The first-order chi connectivity index (χ1) is 8.72. The van der Waals surface area contributed by atoms with Crippen LogP contribution in [0.15, 0.2) is 4.79 Å². The molecular weight excluding hydrogens is 343 g/mol. The monoisotopic (exact) mass is 358 g/mol. The van der Waals surface area contributed by atoms with E-state index in [1.807, 2.05) is 0 Å². The van der Waals surface area contributed by atoms with Crippen LogP contribution in [0.4, 0.5) is 0 Å². The third kappa shape index (κ3) is 1.74. The van der Waals surface area contributed by atoms with E-state index in [9.17, 15) is 4.79 Å². The van der Waals surface area contributed by atoms with Gasteiger partial charge >= 0.3 is 0 Å². The number of hydrogen-bond donors (Lipinski definition) is 1. The molecule has 0 amide bonds. The molecule has 3 aliphatic rings. The highest BCUT2D eigenvalue weighted by atomic mass is 127. The normalized spacial score (nSPS) is 34.2. The lowest BCUT2D eigenvalue weighted by molar-refractivity contribution is 0.0998. The van der Waals surface area contributed by atoms with Crippen LogP contribution in [0, 0.1) is 3.57 Å². The summed E-state index contributed by atoms with van der Waals surface area (Å²) in [4.78, 5) is 19.7. The summed E-state index contributed by atoms with van der Waals surface area (Å²) < 4.78 is 6.64. The largest absolute Gasteiger partial charge is 0.374 e. The van der Waals surface area contributed by atoms with E-state index in [2.05, 4.69) is 27.6 Å². The van der Waals surface area contributed by atoms with Crippen LogP contribution in [-0.2, 0) is 4.74 Å². The fourth-order valence-electron chi connectivity index (χ4n) is 3.22. The Bertz CT molecular complexity index is 552. The molecule has 3 unspecified atom stereocenters. The standard InChI is InChI=1S/C13H15IN2O2/c14-10-11(6-1-2-6)15-12(16-13(10)17)8-5-7-3-4-9(8)18-7/h6-9H,1-5H2,(H,15,16,17). The minimum atomic E-state index is 0.0327. The lowest BCUT2D eigenvalue weighted by Crippen LogP contribution is -2.24. The Morgan fingerprint density at radius 1 is 1.28 bits per heavy atom. The SMILES string of the molecule is O=c1[nH]c(C2CC3CCC2O3)nc(C2CC2)c1I. The number of aromatic amines is 1. The van der Waals surface area contributed by atoms with Gasteiger partial charge in [-0.1, -0.05) is 0 Å². The van der Waals surface area contributed by atoms with Crippen LogP contribution in [-0.4, -0.2) is 22.2 Å². The molecule has 1 aromatic heterocycles. The molecule has 2 saturated heterocycles. The van der Waals surface area contributed by atoms with Crippen molar-refractivity contribution in [3.8, 4) is 0 Å². The van der Waals surface area contributed by atoms with E-state index in [4.69, 9.17) is 9.72 Å². The van der Waals surface area contributed by atoms with Gasteiger partial charge in [-0.2, -0.15) is 0 Å². The summed E-state index contributed by atoms with van der Waals surface area (Å²) >= 11 is 2.13. The second-order valence-electron chi connectivity index (χ2n) is 5.64. The minimum absolute atomic E-state index is 0.0327. The van der Waals surface area contributed by atoms with Crippen LogP contribution in [0.5, 0.6) is 0 Å². The number of nitrogens with one attached hydrogen (secondary N) is 1. The summed E-state index contributed by atoms with van der Waals surface area (Å²) in [5.41, 5.74) is 1.06. The lowest BCUT2D eigenvalue weighted by Gasteiger charge is -2.18. The van der Waals surface area contributed by atoms with Crippen LogP contribution in [0.3, 0.4) is 0 Å². The summed E-state index contributed by atoms with van der Waals surface area (Å²) in [7, 11) is 0. The van der Waals surface area contributed by atoms with Gasteiger partial charge in [0.15, 0.2) is 0 Å².